The van der Waals surface area contributed by atoms with Crippen LogP contribution in [0.5, 0.6) is 0 Å². The van der Waals surface area contributed by atoms with Gasteiger partial charge in [-0.05, 0) is 6.92 Å². The molecule has 0 unspecified atom stereocenters. The molecule has 13 heavy (non-hydrogen) atoms. The largest absolute Gasteiger partial charge is 0.394 e. The third-order valence-corrected chi connectivity index (χ3v) is 2.12. The van der Waals surface area contributed by atoms with Gasteiger partial charge in [0, 0.05) is 0 Å². The number of alkyl halides is 1. The fourth-order valence-corrected chi connectivity index (χ4v) is 1.29. The molecule has 4 N–H and O–H groups in total. The van der Waals surface area contributed by atoms with Gasteiger partial charge < -0.3 is 25.2 Å². The molecule has 6 heteroatoms. The Hall–Kier alpha value is -0.270. The van der Waals surface area contributed by atoms with E-state index < -0.39 is 36.9 Å². The van der Waals surface area contributed by atoms with Gasteiger partial charge in [0.25, 0.3) is 0 Å². The normalized spacial score (nSPS) is 52.2. The Morgan fingerprint density at radius 1 is 1.46 bits per heavy atom. The van der Waals surface area contributed by atoms with Gasteiger partial charge in [-0.15, -0.1) is 0 Å². The number of ether oxygens (including phenoxy) is 1. The number of aliphatic hydroxyl groups excluding tert-OH is 3. The fourth-order valence-electron chi connectivity index (χ4n) is 1.29. The van der Waals surface area contributed by atoms with Crippen molar-refractivity contribution in [3.8, 4) is 0 Å². The summed E-state index contributed by atoms with van der Waals surface area (Å²) in [6.07, 6.45) is -6.68. The summed E-state index contributed by atoms with van der Waals surface area (Å²) in [6.45, 7) is 0.427. The average Bonchev–Trinajstić information content (AvgIpc) is 2.08. The summed E-state index contributed by atoms with van der Waals surface area (Å²) >= 11 is 0. The summed E-state index contributed by atoms with van der Waals surface area (Å²) in [5.74, 6) is -2.03. The number of aliphatic hydroxyl groups is 4. The minimum atomic E-state index is -2.03. The van der Waals surface area contributed by atoms with E-state index in [1.165, 1.54) is 0 Å². The maximum absolute atomic E-state index is 13.0. The van der Waals surface area contributed by atoms with Crippen LogP contribution in [0.4, 0.5) is 4.39 Å². The lowest BCUT2D eigenvalue weighted by Gasteiger charge is -2.42. The van der Waals surface area contributed by atoms with E-state index in [9.17, 15) is 9.50 Å². The van der Waals surface area contributed by atoms with E-state index in [2.05, 4.69) is 4.74 Å². The van der Waals surface area contributed by atoms with Crippen LogP contribution in [0.3, 0.4) is 0 Å². The Morgan fingerprint density at radius 2 is 2.00 bits per heavy atom. The average molecular weight is 196 g/mol. The highest BCUT2D eigenvalue weighted by Crippen LogP contribution is 2.28. The van der Waals surface area contributed by atoms with Gasteiger partial charge in [-0.3, -0.25) is 0 Å². The second-order valence-corrected chi connectivity index (χ2v) is 3.27. The van der Waals surface area contributed by atoms with Crippen LogP contribution >= 0.6 is 0 Å². The van der Waals surface area contributed by atoms with Crippen LogP contribution in [0.15, 0.2) is 0 Å². The molecule has 1 saturated heterocycles. The zero-order valence-corrected chi connectivity index (χ0v) is 7.09. The zero-order valence-electron chi connectivity index (χ0n) is 7.09. The minimum Gasteiger partial charge on any atom is -0.394 e. The number of hydrogen-bond acceptors (Lipinski definition) is 5. The lowest BCUT2D eigenvalue weighted by Crippen LogP contribution is -2.62. The van der Waals surface area contributed by atoms with Gasteiger partial charge in [0.2, 0.25) is 0 Å². The second-order valence-electron chi connectivity index (χ2n) is 3.27. The van der Waals surface area contributed by atoms with Crippen LogP contribution in [0.2, 0.25) is 0 Å². The number of hydrogen-bond donors (Lipinski definition) is 4. The zero-order chi connectivity index (χ0) is 10.2. The molecule has 5 nitrogen and oxygen atoms in total. The molecule has 1 fully saturated rings. The lowest BCUT2D eigenvalue weighted by molar-refractivity contribution is -0.332. The minimum absolute atomic E-state index is 0.666. The molecule has 0 spiro atoms. The van der Waals surface area contributed by atoms with E-state index in [1.807, 2.05) is 0 Å². The molecule has 1 aliphatic rings. The van der Waals surface area contributed by atoms with Crippen molar-refractivity contribution in [1.82, 2.24) is 0 Å². The van der Waals surface area contributed by atoms with Gasteiger partial charge in [-0.25, -0.2) is 4.39 Å². The van der Waals surface area contributed by atoms with Crippen LogP contribution < -0.4 is 0 Å². The Kier molecular flexibility index (Phi) is 2.88. The number of halogens is 1. The first-order valence-electron chi connectivity index (χ1n) is 3.91. The van der Waals surface area contributed by atoms with Crippen molar-refractivity contribution in [1.29, 1.82) is 0 Å². The number of rotatable bonds is 1. The van der Waals surface area contributed by atoms with Crippen molar-refractivity contribution in [2.45, 2.75) is 37.2 Å². The van der Waals surface area contributed by atoms with Gasteiger partial charge >= 0.3 is 0 Å². The maximum Gasteiger partial charge on any atom is 0.192 e. The highest BCUT2D eigenvalue weighted by Gasteiger charge is 2.50. The topological polar surface area (TPSA) is 90.2 Å². The Labute approximate surface area is 74.4 Å². The molecule has 0 saturated carbocycles. The quantitative estimate of drug-likeness (QED) is 0.395. The summed E-state index contributed by atoms with van der Waals surface area (Å²) < 4.78 is 17.7. The molecule has 0 aromatic heterocycles. The molecular formula is C7H13FO5. The lowest BCUT2D eigenvalue weighted by atomic mass is 9.95. The first kappa shape index (κ1) is 10.8. The van der Waals surface area contributed by atoms with E-state index in [4.69, 9.17) is 15.3 Å². The Balaban J connectivity index is 2.79. The first-order valence-corrected chi connectivity index (χ1v) is 3.91. The first-order chi connectivity index (χ1) is 5.90. The predicted molar refractivity (Wildman–Crippen MR) is 39.5 cm³/mol. The van der Waals surface area contributed by atoms with Gasteiger partial charge in [-0.1, -0.05) is 0 Å². The molecule has 78 valence electrons. The molecular weight excluding hydrogens is 183 g/mol. The molecule has 0 aliphatic carbocycles. The molecule has 0 amide bonds. The summed E-state index contributed by atoms with van der Waals surface area (Å²) in [4.78, 5) is 0. The predicted octanol–water partition coefficient (Wildman–Crippen LogP) is -1.85. The highest BCUT2D eigenvalue weighted by molar-refractivity contribution is 4.93. The van der Waals surface area contributed by atoms with E-state index in [1.54, 1.807) is 0 Å². The fraction of sp³-hybridized carbons (Fsp3) is 1.00. The third kappa shape index (κ3) is 1.82. The van der Waals surface area contributed by atoms with E-state index in [0.29, 0.717) is 0 Å². The molecule has 0 aromatic carbocycles. The van der Waals surface area contributed by atoms with Gasteiger partial charge in [0.15, 0.2) is 12.0 Å². The molecule has 5 atom stereocenters. The molecule has 0 bridgehead atoms. The summed E-state index contributed by atoms with van der Waals surface area (Å²) in [7, 11) is 0. The van der Waals surface area contributed by atoms with Crippen molar-refractivity contribution in [3.63, 3.8) is 0 Å². The molecule has 0 aromatic rings. The summed E-state index contributed by atoms with van der Waals surface area (Å²) in [6, 6.07) is 0. The van der Waals surface area contributed by atoms with Gasteiger partial charge in [0.05, 0.1) is 6.61 Å². The highest BCUT2D eigenvalue weighted by atomic mass is 19.1. The van der Waals surface area contributed by atoms with Crippen LogP contribution in [0.25, 0.3) is 0 Å². The molecule has 0 radical (unpaired) electrons. The molecule has 1 rings (SSSR count). The van der Waals surface area contributed by atoms with Crippen molar-refractivity contribution in [2.24, 2.45) is 0 Å². The maximum atomic E-state index is 13.0. The summed E-state index contributed by atoms with van der Waals surface area (Å²) in [5.41, 5.74) is 0. The van der Waals surface area contributed by atoms with Crippen LogP contribution in [0.1, 0.15) is 6.92 Å². The van der Waals surface area contributed by atoms with E-state index in [-0.39, 0.29) is 0 Å². The van der Waals surface area contributed by atoms with Crippen molar-refractivity contribution >= 4 is 0 Å². The third-order valence-electron chi connectivity index (χ3n) is 2.12. The van der Waals surface area contributed by atoms with Gasteiger partial charge in [-0.2, -0.15) is 0 Å². The standard InChI is InChI=1S/C7H13FO5/c1-7(12)6(11)5(10)4(8)3(2-9)13-7/h3-6,9-12H,2H2,1H3/t3-,4-,5+,6-,7+/m1/s1. The molecule has 1 heterocycles. The van der Waals surface area contributed by atoms with E-state index >= 15 is 0 Å². The van der Waals surface area contributed by atoms with Crippen LogP contribution in [0, 0.1) is 0 Å². The second kappa shape index (κ2) is 3.47. The smallest absolute Gasteiger partial charge is 0.192 e. The van der Waals surface area contributed by atoms with Crippen LogP contribution in [-0.4, -0.2) is 57.3 Å². The SMILES string of the molecule is C[C@]1(O)O[C@H](CO)[C@@H](F)[C@H](O)[C@H]1O. The van der Waals surface area contributed by atoms with Crippen molar-refractivity contribution in [3.05, 3.63) is 0 Å². The van der Waals surface area contributed by atoms with Crippen molar-refractivity contribution in [2.75, 3.05) is 6.61 Å². The molecule has 1 aliphatic heterocycles. The van der Waals surface area contributed by atoms with Crippen molar-refractivity contribution < 1.29 is 29.6 Å². The van der Waals surface area contributed by atoms with Crippen LogP contribution in [-0.2, 0) is 4.74 Å². The van der Waals surface area contributed by atoms with E-state index in [0.717, 1.165) is 6.92 Å². The summed E-state index contributed by atoms with van der Waals surface area (Å²) in [5, 5.41) is 36.2. The monoisotopic (exact) mass is 196 g/mol. The Bertz CT molecular complexity index is 184. The van der Waals surface area contributed by atoms with Gasteiger partial charge in [0.1, 0.15) is 18.3 Å². The Morgan fingerprint density at radius 3 is 2.46 bits per heavy atom.